The van der Waals surface area contributed by atoms with Crippen LogP contribution in [0, 0.1) is 0 Å². The summed E-state index contributed by atoms with van der Waals surface area (Å²) in [6.07, 6.45) is 0. The van der Waals surface area contributed by atoms with Gasteiger partial charge in [0.2, 0.25) is 11.9 Å². The topological polar surface area (TPSA) is 111 Å². The molecule has 0 atom stereocenters. The van der Waals surface area contributed by atoms with Gasteiger partial charge in [0.05, 0.1) is 33.6 Å². The number of anilines is 4. The Morgan fingerprint density at radius 1 is 0.848 bits per heavy atom. The molecule has 1 aliphatic heterocycles. The minimum atomic E-state index is 0.168. The predicted molar refractivity (Wildman–Crippen MR) is 128 cm³/mol. The number of ether oxygens (including phenoxy) is 3. The molecule has 33 heavy (non-hydrogen) atoms. The van der Waals surface area contributed by atoms with E-state index in [0.29, 0.717) is 35.5 Å². The van der Waals surface area contributed by atoms with Crippen molar-refractivity contribution < 1.29 is 14.2 Å². The van der Waals surface area contributed by atoms with Crippen LogP contribution >= 0.6 is 0 Å². The van der Waals surface area contributed by atoms with Crippen molar-refractivity contribution in [2.75, 3.05) is 63.5 Å². The number of benzene rings is 2. The van der Waals surface area contributed by atoms with Crippen molar-refractivity contribution in [3.63, 3.8) is 0 Å². The monoisotopic (exact) mass is 451 g/mol. The van der Waals surface area contributed by atoms with Gasteiger partial charge in [-0.2, -0.15) is 15.0 Å². The van der Waals surface area contributed by atoms with Crippen molar-refractivity contribution in [1.29, 1.82) is 0 Å². The number of piperazine rings is 1. The van der Waals surface area contributed by atoms with Gasteiger partial charge >= 0.3 is 0 Å². The Bertz CT molecular complexity index is 1070. The summed E-state index contributed by atoms with van der Waals surface area (Å²) in [6.45, 7) is 4.21. The average molecular weight is 452 g/mol. The Balaban J connectivity index is 1.40. The van der Waals surface area contributed by atoms with Crippen LogP contribution < -0.4 is 30.2 Å². The minimum Gasteiger partial charge on any atom is -0.497 e. The molecule has 3 aromatic rings. The first-order chi connectivity index (χ1) is 16.1. The normalized spacial score (nSPS) is 14.1. The Hall–Kier alpha value is -3.79. The largest absolute Gasteiger partial charge is 0.497 e. The van der Waals surface area contributed by atoms with E-state index in [1.165, 1.54) is 5.69 Å². The second-order valence-corrected chi connectivity index (χ2v) is 7.59. The Morgan fingerprint density at radius 3 is 2.21 bits per heavy atom. The third-order valence-corrected chi connectivity index (χ3v) is 5.53. The number of methoxy groups -OCH3 is 3. The molecule has 10 heteroatoms. The van der Waals surface area contributed by atoms with Gasteiger partial charge in [-0.05, 0) is 36.4 Å². The fourth-order valence-corrected chi connectivity index (χ4v) is 3.75. The van der Waals surface area contributed by atoms with Crippen LogP contribution in [0.1, 0.15) is 5.82 Å². The van der Waals surface area contributed by atoms with Crippen molar-refractivity contribution in [2.45, 2.75) is 6.54 Å². The molecule has 174 valence electrons. The molecule has 1 aromatic heterocycles. The molecular formula is C23H29N7O3. The number of nitrogens with one attached hydrogen (secondary N) is 1. The fraction of sp³-hybridized carbons (Fsp3) is 0.348. The lowest BCUT2D eigenvalue weighted by Crippen LogP contribution is -2.46. The van der Waals surface area contributed by atoms with Gasteiger partial charge in [0.25, 0.3) is 0 Å². The minimum absolute atomic E-state index is 0.168. The van der Waals surface area contributed by atoms with Crippen LogP contribution in [0.25, 0.3) is 0 Å². The molecule has 0 aliphatic carbocycles. The van der Waals surface area contributed by atoms with Gasteiger partial charge in [0, 0.05) is 37.9 Å². The van der Waals surface area contributed by atoms with E-state index in [-0.39, 0.29) is 5.95 Å². The number of nitrogens with zero attached hydrogens (tertiary/aromatic N) is 5. The van der Waals surface area contributed by atoms with Gasteiger partial charge in [0.1, 0.15) is 23.1 Å². The maximum Gasteiger partial charge on any atom is 0.232 e. The number of hydrogen-bond acceptors (Lipinski definition) is 10. The number of hydrogen-bond donors (Lipinski definition) is 2. The molecule has 2 heterocycles. The highest BCUT2D eigenvalue weighted by Gasteiger charge is 2.19. The second-order valence-electron chi connectivity index (χ2n) is 7.59. The first-order valence-electron chi connectivity index (χ1n) is 10.7. The maximum absolute atomic E-state index is 5.97. The zero-order valence-corrected chi connectivity index (χ0v) is 19.1. The average Bonchev–Trinajstić information content (AvgIpc) is 2.84. The van der Waals surface area contributed by atoms with E-state index in [1.807, 2.05) is 30.3 Å². The van der Waals surface area contributed by atoms with Crippen LogP contribution in [0.3, 0.4) is 0 Å². The Labute approximate surface area is 193 Å². The summed E-state index contributed by atoms with van der Waals surface area (Å²) in [7, 11) is 4.89. The van der Waals surface area contributed by atoms with Gasteiger partial charge in [-0.25, -0.2) is 0 Å². The Kier molecular flexibility index (Phi) is 6.94. The molecule has 0 bridgehead atoms. The van der Waals surface area contributed by atoms with E-state index < -0.39 is 0 Å². The molecule has 4 rings (SSSR count). The van der Waals surface area contributed by atoms with E-state index in [9.17, 15) is 0 Å². The van der Waals surface area contributed by atoms with Gasteiger partial charge < -0.3 is 30.2 Å². The maximum atomic E-state index is 5.97. The van der Waals surface area contributed by atoms with E-state index in [0.717, 1.165) is 31.9 Å². The smallest absolute Gasteiger partial charge is 0.232 e. The fourth-order valence-electron chi connectivity index (χ4n) is 3.75. The molecule has 0 unspecified atom stereocenters. The third kappa shape index (κ3) is 5.53. The van der Waals surface area contributed by atoms with Gasteiger partial charge in [-0.3, -0.25) is 4.90 Å². The van der Waals surface area contributed by atoms with Crippen molar-refractivity contribution >= 4 is 23.3 Å². The summed E-state index contributed by atoms with van der Waals surface area (Å²) in [5, 5.41) is 3.17. The lowest BCUT2D eigenvalue weighted by molar-refractivity contribution is 0.244. The third-order valence-electron chi connectivity index (χ3n) is 5.53. The van der Waals surface area contributed by atoms with Crippen LogP contribution in [0.15, 0.2) is 42.5 Å². The zero-order chi connectivity index (χ0) is 23.2. The molecule has 0 saturated carbocycles. The van der Waals surface area contributed by atoms with E-state index in [4.69, 9.17) is 19.9 Å². The molecule has 0 radical (unpaired) electrons. The zero-order valence-electron chi connectivity index (χ0n) is 19.1. The standard InChI is InChI=1S/C23H29N7O3/c1-31-17-6-4-16(5-7-17)30-12-10-29(11-13-30)15-21-26-22(24)28-23(27-21)25-19-14-18(32-2)8-9-20(19)33-3/h4-9,14H,10-13,15H2,1-3H3,(H3,24,25,26,27,28). The van der Waals surface area contributed by atoms with Gasteiger partial charge in [0.15, 0.2) is 0 Å². The SMILES string of the molecule is COc1ccc(N2CCN(Cc3nc(N)nc(Nc4cc(OC)ccc4OC)n3)CC2)cc1. The molecular weight excluding hydrogens is 422 g/mol. The number of nitrogen functional groups attached to an aromatic ring is 1. The quantitative estimate of drug-likeness (QED) is 0.530. The molecule has 1 saturated heterocycles. The summed E-state index contributed by atoms with van der Waals surface area (Å²) >= 11 is 0. The first kappa shape index (κ1) is 22.4. The van der Waals surface area contributed by atoms with Crippen LogP contribution in [0.5, 0.6) is 17.2 Å². The Morgan fingerprint density at radius 2 is 1.55 bits per heavy atom. The van der Waals surface area contributed by atoms with Crippen molar-refractivity contribution in [2.24, 2.45) is 0 Å². The highest BCUT2D eigenvalue weighted by atomic mass is 16.5. The van der Waals surface area contributed by atoms with Crippen LogP contribution in [-0.4, -0.2) is 67.4 Å². The lowest BCUT2D eigenvalue weighted by atomic mass is 10.2. The summed E-state index contributed by atoms with van der Waals surface area (Å²) in [6, 6.07) is 13.6. The molecule has 1 fully saturated rings. The van der Waals surface area contributed by atoms with Crippen molar-refractivity contribution in [3.8, 4) is 17.2 Å². The predicted octanol–water partition coefficient (Wildman–Crippen LogP) is 2.55. The number of rotatable bonds is 8. The van der Waals surface area contributed by atoms with Crippen LogP contribution in [0.4, 0.5) is 23.3 Å². The molecule has 1 aliphatic rings. The molecule has 10 nitrogen and oxygen atoms in total. The van der Waals surface area contributed by atoms with Crippen molar-refractivity contribution in [1.82, 2.24) is 19.9 Å². The highest BCUT2D eigenvalue weighted by molar-refractivity contribution is 5.65. The molecule has 0 amide bonds. The summed E-state index contributed by atoms with van der Waals surface area (Å²) in [4.78, 5) is 17.8. The molecule has 0 spiro atoms. The first-order valence-corrected chi connectivity index (χ1v) is 10.7. The van der Waals surface area contributed by atoms with E-state index >= 15 is 0 Å². The summed E-state index contributed by atoms with van der Waals surface area (Å²) < 4.78 is 16.0. The van der Waals surface area contributed by atoms with Gasteiger partial charge in [-0.15, -0.1) is 0 Å². The van der Waals surface area contributed by atoms with E-state index in [1.54, 1.807) is 21.3 Å². The lowest BCUT2D eigenvalue weighted by Gasteiger charge is -2.35. The van der Waals surface area contributed by atoms with Crippen molar-refractivity contribution in [3.05, 3.63) is 48.3 Å². The molecule has 2 aromatic carbocycles. The number of nitrogens with two attached hydrogens (primary N) is 1. The van der Waals surface area contributed by atoms with Crippen LogP contribution in [0.2, 0.25) is 0 Å². The summed E-state index contributed by atoms with van der Waals surface area (Å²) in [5.41, 5.74) is 7.85. The molecule has 3 N–H and O–H groups in total. The van der Waals surface area contributed by atoms with E-state index in [2.05, 4.69) is 42.2 Å². The van der Waals surface area contributed by atoms with Gasteiger partial charge in [-0.1, -0.05) is 0 Å². The van der Waals surface area contributed by atoms with Crippen LogP contribution in [-0.2, 0) is 6.54 Å². The summed E-state index contributed by atoms with van der Waals surface area (Å²) in [5.74, 6) is 3.34. The second kappa shape index (κ2) is 10.2. The number of aromatic nitrogens is 3. The highest BCUT2D eigenvalue weighted by Crippen LogP contribution is 2.30.